The first-order valence-electron chi connectivity index (χ1n) is 14.3. The van der Waals surface area contributed by atoms with Crippen molar-refractivity contribution in [2.45, 2.75) is 31.4 Å². The summed E-state index contributed by atoms with van der Waals surface area (Å²) in [4.78, 5) is 32.4. The van der Waals surface area contributed by atoms with Crippen LogP contribution in [-0.4, -0.2) is 64.6 Å². The molecule has 0 amide bonds. The minimum Gasteiger partial charge on any atom is -0.383 e. The molecule has 2 atom stereocenters. The number of aromatic nitrogens is 4. The molecular formula is C31H37FN10O2. The quantitative estimate of drug-likeness (QED) is 0.196. The summed E-state index contributed by atoms with van der Waals surface area (Å²) in [7, 11) is 3.55. The number of benzene rings is 2. The SMILES string of the molecule is CNc1cc(N2CCC(O)(c3cccc(C(C)=O)c3)C2)nc(N)n1.CNc1cc(N2CCC2c2ccc(F)cc2)nc(N)n1. The third kappa shape index (κ3) is 6.62. The van der Waals surface area contributed by atoms with Crippen LogP contribution in [0.2, 0.25) is 0 Å². The van der Waals surface area contributed by atoms with Gasteiger partial charge in [0.15, 0.2) is 5.78 Å². The highest BCUT2D eigenvalue weighted by Gasteiger charge is 2.38. The largest absolute Gasteiger partial charge is 0.383 e. The molecule has 12 nitrogen and oxygen atoms in total. The van der Waals surface area contributed by atoms with Crippen LogP contribution in [0.5, 0.6) is 0 Å². The number of anilines is 6. The Hall–Kier alpha value is -5.04. The molecule has 2 aliphatic rings. The van der Waals surface area contributed by atoms with Crippen molar-refractivity contribution in [2.75, 3.05) is 65.6 Å². The highest BCUT2D eigenvalue weighted by molar-refractivity contribution is 5.94. The lowest BCUT2D eigenvalue weighted by Gasteiger charge is -2.42. The number of halogens is 1. The number of ketones is 1. The van der Waals surface area contributed by atoms with Crippen molar-refractivity contribution in [1.29, 1.82) is 0 Å². The van der Waals surface area contributed by atoms with E-state index in [0.717, 1.165) is 29.9 Å². The molecule has 0 radical (unpaired) electrons. The molecule has 2 aromatic heterocycles. The Morgan fingerprint density at radius 3 is 2.16 bits per heavy atom. The van der Waals surface area contributed by atoms with Crippen LogP contribution in [-0.2, 0) is 5.60 Å². The Morgan fingerprint density at radius 1 is 0.932 bits per heavy atom. The van der Waals surface area contributed by atoms with Crippen molar-refractivity contribution in [2.24, 2.45) is 0 Å². The van der Waals surface area contributed by atoms with Crippen molar-refractivity contribution in [3.8, 4) is 0 Å². The van der Waals surface area contributed by atoms with Gasteiger partial charge in [-0.25, -0.2) is 4.39 Å². The molecule has 7 N–H and O–H groups in total. The fourth-order valence-corrected chi connectivity index (χ4v) is 5.42. The molecule has 6 rings (SSSR count). The maximum atomic E-state index is 13.0. The Kier molecular flexibility index (Phi) is 8.76. The third-order valence-electron chi connectivity index (χ3n) is 7.92. The van der Waals surface area contributed by atoms with E-state index in [1.54, 1.807) is 38.4 Å². The number of aliphatic hydroxyl groups is 1. The van der Waals surface area contributed by atoms with Gasteiger partial charge in [-0.15, -0.1) is 0 Å². The monoisotopic (exact) mass is 600 g/mol. The summed E-state index contributed by atoms with van der Waals surface area (Å²) in [6.45, 7) is 3.45. The van der Waals surface area contributed by atoms with E-state index in [-0.39, 0.29) is 29.5 Å². The second-order valence-corrected chi connectivity index (χ2v) is 10.8. The van der Waals surface area contributed by atoms with Gasteiger partial charge in [0.2, 0.25) is 11.9 Å². The van der Waals surface area contributed by atoms with E-state index in [1.807, 2.05) is 29.2 Å². The minimum absolute atomic E-state index is 0.0162. The number of nitrogens with one attached hydrogen (secondary N) is 2. The number of nitrogens with zero attached hydrogens (tertiary/aromatic N) is 6. The van der Waals surface area contributed by atoms with Gasteiger partial charge < -0.3 is 37.0 Å². The Bertz CT molecular complexity index is 1640. The summed E-state index contributed by atoms with van der Waals surface area (Å²) < 4.78 is 13.0. The molecule has 4 aromatic rings. The van der Waals surface area contributed by atoms with E-state index in [9.17, 15) is 14.3 Å². The molecule has 0 bridgehead atoms. The molecule has 13 heteroatoms. The zero-order chi connectivity index (χ0) is 31.4. The number of nitrogen functional groups attached to an aromatic ring is 2. The summed E-state index contributed by atoms with van der Waals surface area (Å²) in [5, 5.41) is 17.0. The van der Waals surface area contributed by atoms with Gasteiger partial charge in [-0.1, -0.05) is 30.3 Å². The Morgan fingerprint density at radius 2 is 1.57 bits per heavy atom. The van der Waals surface area contributed by atoms with Crippen molar-refractivity contribution < 1.29 is 14.3 Å². The van der Waals surface area contributed by atoms with Crippen LogP contribution in [0.4, 0.5) is 39.6 Å². The predicted molar refractivity (Wildman–Crippen MR) is 170 cm³/mol. The molecule has 44 heavy (non-hydrogen) atoms. The first-order valence-corrected chi connectivity index (χ1v) is 14.3. The van der Waals surface area contributed by atoms with Gasteiger partial charge in [-0.3, -0.25) is 4.79 Å². The molecule has 230 valence electrons. The van der Waals surface area contributed by atoms with E-state index >= 15 is 0 Å². The molecule has 4 heterocycles. The molecule has 2 saturated heterocycles. The summed E-state index contributed by atoms with van der Waals surface area (Å²) in [5.74, 6) is 2.99. The average Bonchev–Trinajstić information content (AvgIpc) is 3.41. The topological polar surface area (TPSA) is 171 Å². The van der Waals surface area contributed by atoms with Crippen LogP contribution in [0.1, 0.15) is 47.3 Å². The molecule has 2 unspecified atom stereocenters. The molecule has 0 spiro atoms. The normalized spacial score (nSPS) is 19.1. The first kappa shape index (κ1) is 30.4. The summed E-state index contributed by atoms with van der Waals surface area (Å²) in [5.41, 5.74) is 12.9. The fraction of sp³-hybridized carbons (Fsp3) is 0.323. The zero-order valence-electron chi connectivity index (χ0n) is 25.0. The van der Waals surface area contributed by atoms with Crippen molar-refractivity contribution >= 4 is 41.0 Å². The van der Waals surface area contributed by atoms with Crippen LogP contribution < -0.4 is 31.9 Å². The molecule has 0 aliphatic carbocycles. The van der Waals surface area contributed by atoms with Gasteiger partial charge in [0, 0.05) is 44.9 Å². The average molecular weight is 601 g/mol. The van der Waals surface area contributed by atoms with Crippen LogP contribution in [0.25, 0.3) is 0 Å². The molecule has 2 aromatic carbocycles. The lowest BCUT2D eigenvalue weighted by atomic mass is 9.91. The van der Waals surface area contributed by atoms with Crippen LogP contribution >= 0.6 is 0 Å². The lowest BCUT2D eigenvalue weighted by Crippen LogP contribution is -2.41. The summed E-state index contributed by atoms with van der Waals surface area (Å²) in [6, 6.07) is 17.7. The number of carbonyl (C=O) groups is 1. The van der Waals surface area contributed by atoms with Gasteiger partial charge in [-0.2, -0.15) is 19.9 Å². The van der Waals surface area contributed by atoms with Crippen LogP contribution in [0.15, 0.2) is 60.7 Å². The molecular weight excluding hydrogens is 563 g/mol. The maximum absolute atomic E-state index is 13.0. The second-order valence-electron chi connectivity index (χ2n) is 10.8. The van der Waals surface area contributed by atoms with E-state index in [1.165, 1.54) is 19.1 Å². The molecule has 2 fully saturated rings. The summed E-state index contributed by atoms with van der Waals surface area (Å²) >= 11 is 0. The van der Waals surface area contributed by atoms with Gasteiger partial charge in [0.25, 0.3) is 0 Å². The van der Waals surface area contributed by atoms with E-state index < -0.39 is 5.60 Å². The molecule has 2 aliphatic heterocycles. The Labute approximate surface area is 255 Å². The van der Waals surface area contributed by atoms with Crippen molar-refractivity contribution in [1.82, 2.24) is 19.9 Å². The van der Waals surface area contributed by atoms with Gasteiger partial charge in [0.1, 0.15) is 34.7 Å². The number of nitrogens with two attached hydrogens (primary N) is 2. The number of Topliss-reactive ketones (excluding diaryl/α,β-unsaturated/α-hetero) is 1. The van der Waals surface area contributed by atoms with Gasteiger partial charge in [-0.05, 0) is 49.1 Å². The molecule has 0 saturated carbocycles. The van der Waals surface area contributed by atoms with E-state index in [0.29, 0.717) is 42.5 Å². The van der Waals surface area contributed by atoms with Crippen molar-refractivity contribution in [3.05, 3.63) is 83.2 Å². The van der Waals surface area contributed by atoms with E-state index in [4.69, 9.17) is 11.5 Å². The van der Waals surface area contributed by atoms with Gasteiger partial charge >= 0.3 is 0 Å². The minimum atomic E-state index is -1.02. The first-order chi connectivity index (χ1) is 21.1. The number of hydrogen-bond acceptors (Lipinski definition) is 12. The summed E-state index contributed by atoms with van der Waals surface area (Å²) in [6.07, 6.45) is 1.57. The number of β-amino-alcohol motifs (C(OH)–C–C–N with tert-alkyl or cyclic N) is 1. The number of hydrogen-bond donors (Lipinski definition) is 5. The van der Waals surface area contributed by atoms with E-state index in [2.05, 4.69) is 35.5 Å². The zero-order valence-corrected chi connectivity index (χ0v) is 25.0. The number of rotatable bonds is 7. The van der Waals surface area contributed by atoms with Crippen LogP contribution in [0, 0.1) is 5.82 Å². The lowest BCUT2D eigenvalue weighted by molar-refractivity contribution is 0.0605. The Balaban J connectivity index is 0.000000177. The fourth-order valence-electron chi connectivity index (χ4n) is 5.42. The standard InChI is InChI=1S/C17H21N5O2.C14H16FN5/c1-11(23)12-4-3-5-13(8-12)17(24)6-7-22(10-17)15-9-14(19-2)20-16(18)21-15;1-17-12-8-13(19-14(16)18-12)20-7-6-11(20)9-2-4-10(15)5-3-9/h3-5,8-9,24H,6-7,10H2,1-2H3,(H3,18,19,20,21);2-5,8,11H,6-7H2,1H3,(H3,16,17,18,19). The third-order valence-corrected chi connectivity index (χ3v) is 7.92. The number of carbonyl (C=O) groups excluding carboxylic acids is 1. The second kappa shape index (κ2) is 12.7. The smallest absolute Gasteiger partial charge is 0.223 e. The van der Waals surface area contributed by atoms with Crippen LogP contribution in [0.3, 0.4) is 0 Å². The highest BCUT2D eigenvalue weighted by Crippen LogP contribution is 2.38. The maximum Gasteiger partial charge on any atom is 0.223 e. The van der Waals surface area contributed by atoms with Gasteiger partial charge in [0.05, 0.1) is 12.6 Å². The predicted octanol–water partition coefficient (Wildman–Crippen LogP) is 3.59. The highest BCUT2D eigenvalue weighted by atomic mass is 19.1. The van der Waals surface area contributed by atoms with Crippen molar-refractivity contribution in [3.63, 3.8) is 0 Å².